The molecule has 1 aliphatic rings. The van der Waals surface area contributed by atoms with E-state index in [9.17, 15) is 4.79 Å². The number of hydrogen-bond donors (Lipinski definition) is 0. The lowest BCUT2D eigenvalue weighted by Gasteiger charge is -2.06. The molecule has 1 rings (SSSR count). The standard InChI is InChI=1S/C5H6ClNO2/c6-7-4-9-3-1-2-5(7)8/h1-2H,3-4H2. The highest BCUT2D eigenvalue weighted by Gasteiger charge is 2.08. The van der Waals surface area contributed by atoms with Crippen molar-refractivity contribution in [2.45, 2.75) is 0 Å². The summed E-state index contributed by atoms with van der Waals surface area (Å²) in [5.41, 5.74) is 0. The van der Waals surface area contributed by atoms with E-state index in [-0.39, 0.29) is 12.6 Å². The highest BCUT2D eigenvalue weighted by Crippen LogP contribution is 2.00. The molecule has 0 aromatic heterocycles. The zero-order chi connectivity index (χ0) is 6.69. The normalized spacial score (nSPS) is 20.1. The van der Waals surface area contributed by atoms with Gasteiger partial charge in [-0.2, -0.15) is 0 Å². The van der Waals surface area contributed by atoms with Crippen LogP contribution >= 0.6 is 11.8 Å². The summed E-state index contributed by atoms with van der Waals surface area (Å²) in [6, 6.07) is 0. The maximum Gasteiger partial charge on any atom is 0.262 e. The quantitative estimate of drug-likeness (QED) is 0.468. The number of amides is 1. The van der Waals surface area contributed by atoms with Crippen LogP contribution in [-0.2, 0) is 9.53 Å². The molecular formula is C5H6ClNO2. The highest BCUT2D eigenvalue weighted by molar-refractivity contribution is 6.22. The third-order valence-corrected chi connectivity index (χ3v) is 1.18. The largest absolute Gasteiger partial charge is 0.356 e. The van der Waals surface area contributed by atoms with Crippen LogP contribution in [0.4, 0.5) is 0 Å². The predicted molar refractivity (Wildman–Crippen MR) is 32.7 cm³/mol. The third kappa shape index (κ3) is 1.69. The van der Waals surface area contributed by atoms with E-state index in [1.807, 2.05) is 0 Å². The van der Waals surface area contributed by atoms with Crippen molar-refractivity contribution < 1.29 is 9.53 Å². The van der Waals surface area contributed by atoms with Crippen molar-refractivity contribution in [3.63, 3.8) is 0 Å². The van der Waals surface area contributed by atoms with Crippen LogP contribution in [0.25, 0.3) is 0 Å². The van der Waals surface area contributed by atoms with Gasteiger partial charge in [-0.25, -0.2) is 4.42 Å². The summed E-state index contributed by atoms with van der Waals surface area (Å²) in [6.45, 7) is 0.613. The van der Waals surface area contributed by atoms with Crippen molar-refractivity contribution in [1.29, 1.82) is 0 Å². The van der Waals surface area contributed by atoms with Crippen LogP contribution in [0.1, 0.15) is 0 Å². The molecule has 0 spiro atoms. The van der Waals surface area contributed by atoms with Crippen molar-refractivity contribution in [3.05, 3.63) is 12.2 Å². The van der Waals surface area contributed by atoms with Gasteiger partial charge in [0.1, 0.15) is 6.73 Å². The fraction of sp³-hybridized carbons (Fsp3) is 0.400. The first-order chi connectivity index (χ1) is 4.30. The van der Waals surface area contributed by atoms with Crippen molar-refractivity contribution in [2.75, 3.05) is 13.3 Å². The lowest BCUT2D eigenvalue weighted by atomic mass is 10.5. The van der Waals surface area contributed by atoms with E-state index in [0.717, 1.165) is 4.42 Å². The van der Waals surface area contributed by atoms with Gasteiger partial charge in [0.25, 0.3) is 5.91 Å². The SMILES string of the molecule is O=C1C=CCOCN1Cl. The van der Waals surface area contributed by atoms with Gasteiger partial charge >= 0.3 is 0 Å². The summed E-state index contributed by atoms with van der Waals surface area (Å²) in [7, 11) is 0. The zero-order valence-corrected chi connectivity index (χ0v) is 5.47. The Hall–Kier alpha value is -0.540. The number of halogens is 1. The second-order valence-electron chi connectivity index (χ2n) is 1.60. The predicted octanol–water partition coefficient (Wildman–Crippen LogP) is 0.513. The Kier molecular flexibility index (Phi) is 2.08. The third-order valence-electron chi connectivity index (χ3n) is 0.918. The van der Waals surface area contributed by atoms with Crippen LogP contribution in [0.15, 0.2) is 12.2 Å². The van der Waals surface area contributed by atoms with Gasteiger partial charge in [0.15, 0.2) is 0 Å². The van der Waals surface area contributed by atoms with Gasteiger partial charge in [-0.15, -0.1) is 0 Å². The van der Waals surface area contributed by atoms with Crippen LogP contribution in [0, 0.1) is 0 Å². The van der Waals surface area contributed by atoms with E-state index in [1.54, 1.807) is 6.08 Å². The number of carbonyl (C=O) groups excluding carboxylic acids is 1. The average molecular weight is 148 g/mol. The van der Waals surface area contributed by atoms with Crippen molar-refractivity contribution >= 4 is 17.7 Å². The molecule has 0 aliphatic carbocycles. The summed E-state index contributed by atoms with van der Waals surface area (Å²) in [4.78, 5) is 10.6. The Morgan fingerprint density at radius 2 is 2.56 bits per heavy atom. The van der Waals surface area contributed by atoms with Crippen LogP contribution in [-0.4, -0.2) is 23.7 Å². The smallest absolute Gasteiger partial charge is 0.262 e. The molecule has 0 N–H and O–H groups in total. The van der Waals surface area contributed by atoms with E-state index >= 15 is 0 Å². The van der Waals surface area contributed by atoms with E-state index < -0.39 is 0 Å². The molecule has 0 radical (unpaired) electrons. The molecule has 1 heterocycles. The Labute approximate surface area is 58.0 Å². The molecule has 0 saturated carbocycles. The van der Waals surface area contributed by atoms with Gasteiger partial charge in [0.2, 0.25) is 0 Å². The lowest BCUT2D eigenvalue weighted by Crippen LogP contribution is -2.19. The second-order valence-corrected chi connectivity index (χ2v) is 2.01. The van der Waals surface area contributed by atoms with Crippen LogP contribution in [0.5, 0.6) is 0 Å². The summed E-state index contributed by atoms with van der Waals surface area (Å²) >= 11 is 5.38. The van der Waals surface area contributed by atoms with E-state index in [0.29, 0.717) is 6.61 Å². The molecule has 1 amide bonds. The number of nitrogens with zero attached hydrogens (tertiary/aromatic N) is 1. The van der Waals surface area contributed by atoms with E-state index in [4.69, 9.17) is 16.5 Å². The molecule has 0 unspecified atom stereocenters. The molecule has 0 bridgehead atoms. The fourth-order valence-corrected chi connectivity index (χ4v) is 0.620. The topological polar surface area (TPSA) is 29.5 Å². The molecule has 4 heteroatoms. The highest BCUT2D eigenvalue weighted by atomic mass is 35.5. The number of ether oxygens (including phenoxy) is 1. The van der Waals surface area contributed by atoms with Gasteiger partial charge < -0.3 is 4.74 Å². The van der Waals surface area contributed by atoms with Crippen molar-refractivity contribution in [1.82, 2.24) is 4.42 Å². The molecule has 0 aromatic carbocycles. The lowest BCUT2D eigenvalue weighted by molar-refractivity contribution is -0.124. The minimum Gasteiger partial charge on any atom is -0.356 e. The monoisotopic (exact) mass is 147 g/mol. The Balaban J connectivity index is 2.57. The Morgan fingerprint density at radius 3 is 3.33 bits per heavy atom. The average Bonchev–Trinajstić information content (AvgIpc) is 1.99. The molecule has 0 saturated heterocycles. The molecule has 0 fully saturated rings. The van der Waals surface area contributed by atoms with Gasteiger partial charge in [-0.3, -0.25) is 4.79 Å². The molecule has 50 valence electrons. The van der Waals surface area contributed by atoms with E-state index in [2.05, 4.69) is 0 Å². The summed E-state index contributed by atoms with van der Waals surface area (Å²) in [5, 5.41) is 0. The first kappa shape index (κ1) is 6.58. The van der Waals surface area contributed by atoms with Crippen LogP contribution < -0.4 is 0 Å². The van der Waals surface area contributed by atoms with Crippen molar-refractivity contribution in [2.24, 2.45) is 0 Å². The first-order valence-electron chi connectivity index (χ1n) is 2.52. The summed E-state index contributed by atoms with van der Waals surface area (Å²) in [6.07, 6.45) is 3.02. The molecular weight excluding hydrogens is 142 g/mol. The summed E-state index contributed by atoms with van der Waals surface area (Å²) in [5.74, 6) is -0.228. The van der Waals surface area contributed by atoms with Gasteiger partial charge in [-0.1, -0.05) is 6.08 Å². The number of hydrogen-bond acceptors (Lipinski definition) is 2. The Morgan fingerprint density at radius 1 is 1.78 bits per heavy atom. The fourth-order valence-electron chi connectivity index (χ4n) is 0.494. The molecule has 1 aliphatic heterocycles. The van der Waals surface area contributed by atoms with Crippen molar-refractivity contribution in [3.8, 4) is 0 Å². The molecule has 0 aromatic rings. The molecule has 0 atom stereocenters. The maximum atomic E-state index is 10.6. The maximum absolute atomic E-state index is 10.6. The molecule has 3 nitrogen and oxygen atoms in total. The molecule has 9 heavy (non-hydrogen) atoms. The zero-order valence-electron chi connectivity index (χ0n) is 4.71. The first-order valence-corrected chi connectivity index (χ1v) is 2.86. The van der Waals surface area contributed by atoms with Gasteiger partial charge in [-0.05, 0) is 0 Å². The number of carbonyl (C=O) groups is 1. The second kappa shape index (κ2) is 2.85. The van der Waals surface area contributed by atoms with Gasteiger partial charge in [0, 0.05) is 17.9 Å². The Bertz CT molecular complexity index is 146. The van der Waals surface area contributed by atoms with Crippen LogP contribution in [0.3, 0.4) is 0 Å². The van der Waals surface area contributed by atoms with Gasteiger partial charge in [0.05, 0.1) is 6.61 Å². The number of rotatable bonds is 0. The minimum atomic E-state index is -0.228. The summed E-state index contributed by atoms with van der Waals surface area (Å²) < 4.78 is 5.85. The van der Waals surface area contributed by atoms with Crippen LogP contribution in [0.2, 0.25) is 0 Å². The minimum absolute atomic E-state index is 0.160. The van der Waals surface area contributed by atoms with E-state index in [1.165, 1.54) is 6.08 Å².